The Kier molecular flexibility index (Phi) is 9.78. The molecule has 2 aromatic heterocycles. The number of H-pyrrole nitrogens is 1. The molecule has 41 heavy (non-hydrogen) atoms. The highest BCUT2D eigenvalue weighted by atomic mass is 31.2. The van der Waals surface area contributed by atoms with Gasteiger partial charge < -0.3 is 33.6 Å². The van der Waals surface area contributed by atoms with Gasteiger partial charge in [-0.2, -0.15) is 4.98 Å². The highest BCUT2D eigenvalue weighted by Crippen LogP contribution is 2.49. The molecule has 2 aromatic carbocycles. The van der Waals surface area contributed by atoms with E-state index in [9.17, 15) is 22.9 Å². The summed E-state index contributed by atoms with van der Waals surface area (Å²) in [5.41, 5.74) is 5.79. The van der Waals surface area contributed by atoms with Gasteiger partial charge in [0.25, 0.3) is 5.56 Å². The number of nitrogens with zero attached hydrogens (tertiary/aromatic N) is 3. The van der Waals surface area contributed by atoms with Crippen molar-refractivity contribution in [3.63, 3.8) is 0 Å². The summed E-state index contributed by atoms with van der Waals surface area (Å²) in [5.74, 6) is -1.75. The van der Waals surface area contributed by atoms with Crippen LogP contribution in [0.3, 0.4) is 0 Å². The summed E-state index contributed by atoms with van der Waals surface area (Å²) in [4.78, 5) is 34.5. The minimum absolute atomic E-state index is 0.0136. The lowest BCUT2D eigenvalue weighted by atomic mass is 10.2. The molecule has 4 aromatic rings. The van der Waals surface area contributed by atoms with E-state index in [4.69, 9.17) is 29.0 Å². The maximum atomic E-state index is 14.1. The smallest absolute Gasteiger partial charge is 0.356 e. The Morgan fingerprint density at radius 2 is 1.90 bits per heavy atom. The van der Waals surface area contributed by atoms with Crippen molar-refractivity contribution in [1.29, 1.82) is 0 Å². The maximum absolute atomic E-state index is 14.1. The van der Waals surface area contributed by atoms with Crippen LogP contribution in [0.2, 0.25) is 0 Å². The minimum atomic E-state index is -3.98. The van der Waals surface area contributed by atoms with E-state index >= 15 is 0 Å². The zero-order valence-corrected chi connectivity index (χ0v) is 22.6. The monoisotopic (exact) mass is 593 g/mol. The molecule has 0 bridgehead atoms. The average molecular weight is 593 g/mol. The Morgan fingerprint density at radius 1 is 1.12 bits per heavy atom. The summed E-state index contributed by atoms with van der Waals surface area (Å²) in [5, 5.41) is 0. The van der Waals surface area contributed by atoms with Gasteiger partial charge in [0.15, 0.2) is 22.7 Å². The second kappa shape index (κ2) is 13.5. The summed E-state index contributed by atoms with van der Waals surface area (Å²) in [6, 6.07) is 8.92. The zero-order valence-electron chi connectivity index (χ0n) is 21.7. The van der Waals surface area contributed by atoms with E-state index in [0.717, 1.165) is 18.2 Å². The van der Waals surface area contributed by atoms with Crippen molar-refractivity contribution >= 4 is 30.7 Å². The molecule has 0 saturated heterocycles. The molecule has 0 amide bonds. The fourth-order valence-electron chi connectivity index (χ4n) is 3.51. The molecule has 2 heterocycles. The van der Waals surface area contributed by atoms with E-state index in [2.05, 4.69) is 15.0 Å². The number of carbonyl (C=O) groups excluding carboxylic acids is 1. The fraction of sp³-hybridized carbons (Fsp3) is 0.280. The van der Waals surface area contributed by atoms with E-state index in [-0.39, 0.29) is 61.4 Å². The number of aromatic nitrogens is 4. The number of benzene rings is 2. The largest absolute Gasteiger partial charge is 0.494 e. The van der Waals surface area contributed by atoms with E-state index in [1.165, 1.54) is 42.3 Å². The molecule has 0 saturated carbocycles. The maximum Gasteiger partial charge on any atom is 0.356 e. The van der Waals surface area contributed by atoms with Crippen LogP contribution in [-0.4, -0.2) is 52.2 Å². The van der Waals surface area contributed by atoms with Gasteiger partial charge in [0.05, 0.1) is 39.7 Å². The first kappa shape index (κ1) is 29.8. The van der Waals surface area contributed by atoms with Gasteiger partial charge in [0.2, 0.25) is 5.95 Å². The number of nitrogen functional groups attached to an aromatic ring is 1. The first-order valence-electron chi connectivity index (χ1n) is 12.1. The number of imidazole rings is 1. The number of hydrogen-bond acceptors (Lipinski definition) is 11. The number of hydrogen-bond donors (Lipinski definition) is 2. The van der Waals surface area contributed by atoms with Crippen LogP contribution < -0.4 is 20.8 Å². The van der Waals surface area contributed by atoms with Gasteiger partial charge in [0, 0.05) is 6.54 Å². The number of nitrogens with one attached hydrogen (secondary N) is 1. The number of esters is 1. The van der Waals surface area contributed by atoms with E-state index in [1.54, 1.807) is 0 Å². The van der Waals surface area contributed by atoms with Crippen molar-refractivity contribution in [2.75, 3.05) is 32.4 Å². The van der Waals surface area contributed by atoms with Gasteiger partial charge in [0.1, 0.15) is 17.9 Å². The summed E-state index contributed by atoms with van der Waals surface area (Å²) >= 11 is 0. The van der Waals surface area contributed by atoms with Gasteiger partial charge in [-0.1, -0.05) is 6.07 Å². The standard InChI is InChI=1S/C25H26F2N5O8P/c1-36-20-7-2-16(12-19(20)27)13-39-41(35,38-10-8-21(33)40-18-5-3-17(26)4-6-18)15-37-11-9-32-14-29-22-23(32)30-25(28)31-24(22)34/h2-7,12,14H,8-11,13,15H2,1H3,(H3,28,30,31,34). The first-order valence-corrected chi connectivity index (χ1v) is 13.8. The fourth-order valence-corrected chi connectivity index (χ4v) is 4.80. The van der Waals surface area contributed by atoms with Gasteiger partial charge in [-0.25, -0.2) is 13.8 Å². The molecule has 0 fully saturated rings. The third-order valence-electron chi connectivity index (χ3n) is 5.50. The number of ether oxygens (including phenoxy) is 3. The number of halogens is 2. The van der Waals surface area contributed by atoms with E-state index in [1.807, 2.05) is 0 Å². The van der Waals surface area contributed by atoms with Gasteiger partial charge in [-0.15, -0.1) is 0 Å². The van der Waals surface area contributed by atoms with Crippen molar-refractivity contribution < 1.29 is 41.4 Å². The third kappa shape index (κ3) is 8.17. The predicted molar refractivity (Wildman–Crippen MR) is 141 cm³/mol. The molecule has 16 heteroatoms. The number of methoxy groups -OCH3 is 1. The highest BCUT2D eigenvalue weighted by Gasteiger charge is 2.26. The number of anilines is 1. The number of rotatable bonds is 14. The number of fused-ring (bicyclic) bond motifs is 1. The average Bonchev–Trinajstić information content (AvgIpc) is 3.34. The topological polar surface area (TPSA) is 170 Å². The van der Waals surface area contributed by atoms with Crippen molar-refractivity contribution in [3.05, 3.63) is 76.3 Å². The molecule has 0 aliphatic heterocycles. The molecule has 0 aliphatic rings. The molecule has 1 atom stereocenters. The Morgan fingerprint density at radius 3 is 2.63 bits per heavy atom. The van der Waals surface area contributed by atoms with Crippen LogP contribution >= 0.6 is 7.60 Å². The van der Waals surface area contributed by atoms with Crippen LogP contribution in [0, 0.1) is 11.6 Å². The zero-order chi connectivity index (χ0) is 29.4. The Bertz CT molecular complexity index is 1610. The lowest BCUT2D eigenvalue weighted by Gasteiger charge is -2.19. The van der Waals surface area contributed by atoms with Crippen molar-refractivity contribution in [3.8, 4) is 11.5 Å². The summed E-state index contributed by atoms with van der Waals surface area (Å²) in [6.45, 7) is -0.490. The van der Waals surface area contributed by atoms with Crippen molar-refractivity contribution in [1.82, 2.24) is 19.5 Å². The Labute approximate surface area is 231 Å². The predicted octanol–water partition coefficient (Wildman–Crippen LogP) is 3.38. The molecule has 3 N–H and O–H groups in total. The second-order valence-corrected chi connectivity index (χ2v) is 10.5. The number of carbonyl (C=O) groups is 1. The molecule has 0 spiro atoms. The molecule has 4 rings (SSSR count). The summed E-state index contributed by atoms with van der Waals surface area (Å²) < 4.78 is 68.6. The molecule has 0 aliphatic carbocycles. The number of aromatic amines is 1. The van der Waals surface area contributed by atoms with Crippen LogP contribution in [-0.2, 0) is 36.3 Å². The molecule has 0 radical (unpaired) electrons. The molecule has 218 valence electrons. The lowest BCUT2D eigenvalue weighted by Crippen LogP contribution is -2.14. The molecular formula is C25H26F2N5O8P. The van der Waals surface area contributed by atoms with Crippen LogP contribution in [0.1, 0.15) is 12.0 Å². The number of nitrogens with two attached hydrogens (primary N) is 1. The van der Waals surface area contributed by atoms with E-state index in [0.29, 0.717) is 5.56 Å². The summed E-state index contributed by atoms with van der Waals surface area (Å²) in [7, 11) is -2.66. The van der Waals surface area contributed by atoms with E-state index < -0.39 is 37.1 Å². The van der Waals surface area contributed by atoms with Crippen LogP contribution in [0.15, 0.2) is 53.6 Å². The lowest BCUT2D eigenvalue weighted by molar-refractivity contribution is -0.134. The van der Waals surface area contributed by atoms with Crippen LogP contribution in [0.5, 0.6) is 11.5 Å². The SMILES string of the molecule is COc1ccc(COP(=O)(COCCn2cnc3c(=O)[nH]c(N)nc32)OCCC(=O)Oc2ccc(F)cc2)cc1F. The van der Waals surface area contributed by atoms with Crippen LogP contribution in [0.25, 0.3) is 11.2 Å². The van der Waals surface area contributed by atoms with Crippen LogP contribution in [0.4, 0.5) is 14.7 Å². The quantitative estimate of drug-likeness (QED) is 0.0951. The normalized spacial score (nSPS) is 12.8. The third-order valence-corrected chi connectivity index (χ3v) is 7.10. The molecule has 1 unspecified atom stereocenters. The highest BCUT2D eigenvalue weighted by molar-refractivity contribution is 7.53. The molecular weight excluding hydrogens is 567 g/mol. The Balaban J connectivity index is 1.36. The van der Waals surface area contributed by atoms with Gasteiger partial charge >= 0.3 is 13.6 Å². The first-order chi connectivity index (χ1) is 19.7. The minimum Gasteiger partial charge on any atom is -0.494 e. The van der Waals surface area contributed by atoms with Gasteiger partial charge in [-0.3, -0.25) is 19.1 Å². The molecule has 13 nitrogen and oxygen atoms in total. The Hall–Kier alpha value is -4.17. The van der Waals surface area contributed by atoms with Gasteiger partial charge in [-0.05, 0) is 42.0 Å². The summed E-state index contributed by atoms with van der Waals surface area (Å²) in [6.07, 6.45) is 0.569. The van der Waals surface area contributed by atoms with Crippen molar-refractivity contribution in [2.24, 2.45) is 0 Å². The van der Waals surface area contributed by atoms with Crippen molar-refractivity contribution in [2.45, 2.75) is 19.6 Å². The second-order valence-electron chi connectivity index (χ2n) is 8.46.